The Morgan fingerprint density at radius 1 is 1.23 bits per heavy atom. The number of likely N-dealkylation sites (tertiary alicyclic amines) is 1. The van der Waals surface area contributed by atoms with Gasteiger partial charge in [0.15, 0.2) is 11.5 Å². The number of hydrogen-bond acceptors (Lipinski definition) is 4. The first-order valence-electron chi connectivity index (χ1n) is 7.79. The standard InChI is InChI=1S/C17H25NO4/c1-4-22-12-13-8-10-18(11-9-13)17(19)14-6-5-7-15(20-2)16(14)21-3/h5-7,13H,4,8-12H2,1-3H3. The summed E-state index contributed by atoms with van der Waals surface area (Å²) in [6.07, 6.45) is 1.97. The van der Waals surface area contributed by atoms with Crippen LogP contribution >= 0.6 is 0 Å². The number of hydrogen-bond donors (Lipinski definition) is 0. The minimum atomic E-state index is 0.00519. The Morgan fingerprint density at radius 3 is 2.55 bits per heavy atom. The van der Waals surface area contributed by atoms with Crippen LogP contribution < -0.4 is 9.47 Å². The normalized spacial score (nSPS) is 15.7. The van der Waals surface area contributed by atoms with Crippen molar-refractivity contribution in [2.75, 3.05) is 40.5 Å². The van der Waals surface area contributed by atoms with Crippen molar-refractivity contribution in [2.24, 2.45) is 5.92 Å². The zero-order valence-corrected chi connectivity index (χ0v) is 13.6. The van der Waals surface area contributed by atoms with Gasteiger partial charge in [0.25, 0.3) is 5.91 Å². The third kappa shape index (κ3) is 3.71. The Bertz CT molecular complexity index is 495. The molecule has 0 N–H and O–H groups in total. The third-order valence-electron chi connectivity index (χ3n) is 4.09. The molecule has 0 atom stereocenters. The largest absolute Gasteiger partial charge is 0.493 e. The van der Waals surface area contributed by atoms with Gasteiger partial charge >= 0.3 is 0 Å². The molecule has 5 heteroatoms. The number of piperidine rings is 1. The minimum Gasteiger partial charge on any atom is -0.493 e. The molecule has 2 rings (SSSR count). The van der Waals surface area contributed by atoms with E-state index in [-0.39, 0.29) is 5.91 Å². The first-order valence-corrected chi connectivity index (χ1v) is 7.79. The quantitative estimate of drug-likeness (QED) is 0.810. The highest BCUT2D eigenvalue weighted by molar-refractivity contribution is 5.97. The van der Waals surface area contributed by atoms with E-state index >= 15 is 0 Å². The van der Waals surface area contributed by atoms with Crippen molar-refractivity contribution < 1.29 is 19.0 Å². The molecule has 0 aromatic heterocycles. The van der Waals surface area contributed by atoms with Gasteiger partial charge in [-0.15, -0.1) is 0 Å². The van der Waals surface area contributed by atoms with Gasteiger partial charge in [-0.25, -0.2) is 0 Å². The zero-order chi connectivity index (χ0) is 15.9. The van der Waals surface area contributed by atoms with Crippen LogP contribution in [0.5, 0.6) is 11.5 Å². The molecule has 5 nitrogen and oxygen atoms in total. The maximum atomic E-state index is 12.7. The highest BCUT2D eigenvalue weighted by Gasteiger charge is 2.26. The van der Waals surface area contributed by atoms with E-state index in [0.29, 0.717) is 23.0 Å². The van der Waals surface area contributed by atoms with Crippen molar-refractivity contribution in [2.45, 2.75) is 19.8 Å². The lowest BCUT2D eigenvalue weighted by molar-refractivity contribution is 0.0548. The van der Waals surface area contributed by atoms with Crippen molar-refractivity contribution >= 4 is 5.91 Å². The van der Waals surface area contributed by atoms with Crippen molar-refractivity contribution in [1.29, 1.82) is 0 Å². The molecule has 0 unspecified atom stereocenters. The molecular formula is C17H25NO4. The average Bonchev–Trinajstić information content (AvgIpc) is 2.58. The van der Waals surface area contributed by atoms with Crippen LogP contribution in [0.2, 0.25) is 0 Å². The second-order valence-corrected chi connectivity index (χ2v) is 5.44. The molecule has 1 saturated heterocycles. The van der Waals surface area contributed by atoms with E-state index in [0.717, 1.165) is 39.1 Å². The van der Waals surface area contributed by atoms with E-state index in [1.54, 1.807) is 26.4 Å². The summed E-state index contributed by atoms with van der Waals surface area (Å²) in [5, 5.41) is 0. The van der Waals surface area contributed by atoms with Gasteiger partial charge < -0.3 is 19.1 Å². The van der Waals surface area contributed by atoms with Gasteiger partial charge in [0, 0.05) is 26.3 Å². The molecule has 122 valence electrons. The maximum Gasteiger partial charge on any atom is 0.257 e. The van der Waals surface area contributed by atoms with Crippen LogP contribution in [0.1, 0.15) is 30.1 Å². The highest BCUT2D eigenvalue weighted by Crippen LogP contribution is 2.32. The first kappa shape index (κ1) is 16.6. The van der Waals surface area contributed by atoms with E-state index in [1.807, 2.05) is 17.9 Å². The maximum absolute atomic E-state index is 12.7. The van der Waals surface area contributed by atoms with Gasteiger partial charge in [-0.05, 0) is 37.8 Å². The lowest BCUT2D eigenvalue weighted by Gasteiger charge is -2.32. The number of ether oxygens (including phenoxy) is 3. The Balaban J connectivity index is 2.04. The number of carbonyl (C=O) groups excluding carboxylic acids is 1. The van der Waals surface area contributed by atoms with Crippen molar-refractivity contribution in [1.82, 2.24) is 4.90 Å². The summed E-state index contributed by atoms with van der Waals surface area (Å²) in [5.41, 5.74) is 0.560. The lowest BCUT2D eigenvalue weighted by Crippen LogP contribution is -2.39. The van der Waals surface area contributed by atoms with Crippen LogP contribution in [0.25, 0.3) is 0 Å². The van der Waals surface area contributed by atoms with Gasteiger partial charge in [0.2, 0.25) is 0 Å². The Hall–Kier alpha value is -1.75. The van der Waals surface area contributed by atoms with Crippen LogP contribution in [0.15, 0.2) is 18.2 Å². The highest BCUT2D eigenvalue weighted by atomic mass is 16.5. The Kier molecular flexibility index (Phi) is 6.07. The first-order chi connectivity index (χ1) is 10.7. The number of benzene rings is 1. The number of para-hydroxylation sites is 1. The second kappa shape index (κ2) is 8.03. The SMILES string of the molecule is CCOCC1CCN(C(=O)c2cccc(OC)c2OC)CC1. The molecule has 0 aliphatic carbocycles. The van der Waals surface area contributed by atoms with Crippen molar-refractivity contribution in [3.63, 3.8) is 0 Å². The number of rotatable bonds is 6. The van der Waals surface area contributed by atoms with Gasteiger partial charge in [-0.3, -0.25) is 4.79 Å². The number of methoxy groups -OCH3 is 2. The summed E-state index contributed by atoms with van der Waals surface area (Å²) in [4.78, 5) is 14.6. The Morgan fingerprint density at radius 2 is 1.95 bits per heavy atom. The fraction of sp³-hybridized carbons (Fsp3) is 0.588. The monoisotopic (exact) mass is 307 g/mol. The molecule has 1 fully saturated rings. The van der Waals surface area contributed by atoms with Crippen LogP contribution in [0.3, 0.4) is 0 Å². The van der Waals surface area contributed by atoms with E-state index in [4.69, 9.17) is 14.2 Å². The summed E-state index contributed by atoms with van der Waals surface area (Å²) in [7, 11) is 3.13. The van der Waals surface area contributed by atoms with Crippen LogP contribution in [0.4, 0.5) is 0 Å². The van der Waals surface area contributed by atoms with E-state index < -0.39 is 0 Å². The smallest absolute Gasteiger partial charge is 0.257 e. The van der Waals surface area contributed by atoms with Gasteiger partial charge in [-0.1, -0.05) is 6.07 Å². The number of nitrogens with zero attached hydrogens (tertiary/aromatic N) is 1. The van der Waals surface area contributed by atoms with E-state index in [9.17, 15) is 4.79 Å². The molecule has 0 saturated carbocycles. The summed E-state index contributed by atoms with van der Waals surface area (Å²) < 4.78 is 16.1. The lowest BCUT2D eigenvalue weighted by atomic mass is 9.97. The van der Waals surface area contributed by atoms with Crippen LogP contribution in [-0.2, 0) is 4.74 Å². The van der Waals surface area contributed by atoms with E-state index in [1.165, 1.54) is 0 Å². The third-order valence-corrected chi connectivity index (χ3v) is 4.09. The average molecular weight is 307 g/mol. The Labute approximate surface area is 132 Å². The molecule has 1 aliphatic heterocycles. The fourth-order valence-corrected chi connectivity index (χ4v) is 2.81. The van der Waals surface area contributed by atoms with Crippen molar-refractivity contribution in [3.8, 4) is 11.5 Å². The van der Waals surface area contributed by atoms with Gasteiger partial charge in [0.1, 0.15) is 0 Å². The molecule has 0 bridgehead atoms. The molecule has 0 radical (unpaired) electrons. The second-order valence-electron chi connectivity index (χ2n) is 5.44. The summed E-state index contributed by atoms with van der Waals surface area (Å²) in [6, 6.07) is 5.40. The molecule has 0 spiro atoms. The topological polar surface area (TPSA) is 48.0 Å². The zero-order valence-electron chi connectivity index (χ0n) is 13.6. The molecule has 1 aromatic rings. The predicted octanol–water partition coefficient (Wildman–Crippen LogP) is 2.59. The van der Waals surface area contributed by atoms with E-state index in [2.05, 4.69) is 0 Å². The molecule has 22 heavy (non-hydrogen) atoms. The molecule has 1 aromatic carbocycles. The number of amides is 1. The summed E-state index contributed by atoms with van der Waals surface area (Å²) >= 11 is 0. The molecular weight excluding hydrogens is 282 g/mol. The molecule has 1 heterocycles. The fourth-order valence-electron chi connectivity index (χ4n) is 2.81. The van der Waals surface area contributed by atoms with Gasteiger partial charge in [0.05, 0.1) is 19.8 Å². The minimum absolute atomic E-state index is 0.00519. The predicted molar refractivity (Wildman–Crippen MR) is 84.7 cm³/mol. The van der Waals surface area contributed by atoms with Gasteiger partial charge in [-0.2, -0.15) is 0 Å². The van der Waals surface area contributed by atoms with Crippen LogP contribution in [0, 0.1) is 5.92 Å². The van der Waals surface area contributed by atoms with Crippen LogP contribution in [-0.4, -0.2) is 51.3 Å². The van der Waals surface area contributed by atoms with Crippen molar-refractivity contribution in [3.05, 3.63) is 23.8 Å². The molecule has 1 amide bonds. The molecule has 1 aliphatic rings. The summed E-state index contributed by atoms with van der Waals surface area (Å²) in [6.45, 7) is 5.07. The summed E-state index contributed by atoms with van der Waals surface area (Å²) in [5.74, 6) is 1.65. The number of carbonyl (C=O) groups is 1.